The predicted octanol–water partition coefficient (Wildman–Crippen LogP) is 2.55. The molecule has 0 heterocycles. The maximum Gasteiger partial charge on any atom is 0.223 e. The van der Waals surface area contributed by atoms with E-state index in [1.165, 1.54) is 0 Å². The van der Waals surface area contributed by atoms with Crippen molar-refractivity contribution in [1.82, 2.24) is 4.90 Å². The molecule has 0 radical (unpaired) electrons. The van der Waals surface area contributed by atoms with Gasteiger partial charge in [0.05, 0.1) is 19.6 Å². The summed E-state index contributed by atoms with van der Waals surface area (Å²) in [6.45, 7) is 0.503. The summed E-state index contributed by atoms with van der Waals surface area (Å²) in [5, 5.41) is 8.46. The van der Waals surface area contributed by atoms with Gasteiger partial charge in [0, 0.05) is 30.7 Å². The molecule has 0 bridgehead atoms. The fourth-order valence-electron chi connectivity index (χ4n) is 1.46. The summed E-state index contributed by atoms with van der Waals surface area (Å²) >= 11 is 1.64. The van der Waals surface area contributed by atoms with Crippen LogP contribution in [-0.4, -0.2) is 37.3 Å². The lowest BCUT2D eigenvalue weighted by Gasteiger charge is -2.15. The highest BCUT2D eigenvalue weighted by atomic mass is 32.2. The smallest absolute Gasteiger partial charge is 0.223 e. The van der Waals surface area contributed by atoms with Crippen molar-refractivity contribution in [3.63, 3.8) is 0 Å². The molecular weight excluding hydrogens is 260 g/mol. The van der Waals surface area contributed by atoms with Crippen LogP contribution in [0.1, 0.15) is 12.8 Å². The van der Waals surface area contributed by atoms with E-state index < -0.39 is 0 Å². The Morgan fingerprint density at radius 3 is 2.68 bits per heavy atom. The van der Waals surface area contributed by atoms with Gasteiger partial charge in [0.2, 0.25) is 5.91 Å². The summed E-state index contributed by atoms with van der Waals surface area (Å²) in [6.07, 6.45) is 0.868. The molecule has 1 amide bonds. The molecule has 0 aliphatic carbocycles. The molecule has 1 aromatic carbocycles. The summed E-state index contributed by atoms with van der Waals surface area (Å²) in [5.74, 6) is 1.65. The molecule has 0 spiro atoms. The zero-order chi connectivity index (χ0) is 14.1. The normalized spacial score (nSPS) is 9.74. The third-order valence-electron chi connectivity index (χ3n) is 2.63. The average Bonchev–Trinajstić information content (AvgIpc) is 2.45. The van der Waals surface area contributed by atoms with E-state index >= 15 is 0 Å². The quantitative estimate of drug-likeness (QED) is 0.719. The first-order valence-electron chi connectivity index (χ1n) is 6.05. The number of hydrogen-bond donors (Lipinski definition) is 0. The summed E-state index contributed by atoms with van der Waals surface area (Å²) < 4.78 is 5.08. The number of nitrogens with zero attached hydrogens (tertiary/aromatic N) is 2. The second-order valence-corrected chi connectivity index (χ2v) is 5.17. The standard InChI is InChI=1S/C14H18N2O2S/c1-16(10-3-9-15)14(17)8-11-19-13-6-4-12(18-2)5-7-13/h4-7H,3,8,10-11H2,1-2H3. The number of carbonyl (C=O) groups excluding carboxylic acids is 1. The van der Waals surface area contributed by atoms with Crippen LogP contribution in [0.2, 0.25) is 0 Å². The van der Waals surface area contributed by atoms with Gasteiger partial charge in [0.1, 0.15) is 5.75 Å². The summed E-state index contributed by atoms with van der Waals surface area (Å²) in [5.41, 5.74) is 0. The number of methoxy groups -OCH3 is 1. The SMILES string of the molecule is COc1ccc(SCCC(=O)N(C)CCC#N)cc1. The lowest BCUT2D eigenvalue weighted by Crippen LogP contribution is -2.27. The van der Waals surface area contributed by atoms with E-state index in [-0.39, 0.29) is 5.91 Å². The fraction of sp³-hybridized carbons (Fsp3) is 0.429. The van der Waals surface area contributed by atoms with Crippen molar-refractivity contribution in [2.24, 2.45) is 0 Å². The van der Waals surface area contributed by atoms with E-state index in [2.05, 4.69) is 0 Å². The monoisotopic (exact) mass is 278 g/mol. The largest absolute Gasteiger partial charge is 0.497 e. The minimum Gasteiger partial charge on any atom is -0.497 e. The molecule has 0 N–H and O–H groups in total. The van der Waals surface area contributed by atoms with Crippen LogP contribution in [0.25, 0.3) is 0 Å². The average molecular weight is 278 g/mol. The Kier molecular flexibility index (Phi) is 6.83. The Labute approximate surface area is 118 Å². The van der Waals surface area contributed by atoms with E-state index in [0.717, 1.165) is 16.4 Å². The lowest BCUT2D eigenvalue weighted by atomic mass is 10.3. The van der Waals surface area contributed by atoms with E-state index in [1.807, 2.05) is 30.3 Å². The van der Waals surface area contributed by atoms with Crippen molar-refractivity contribution in [2.75, 3.05) is 26.5 Å². The number of benzene rings is 1. The highest BCUT2D eigenvalue weighted by Crippen LogP contribution is 2.21. The van der Waals surface area contributed by atoms with Gasteiger partial charge in [-0.1, -0.05) is 0 Å². The second kappa shape index (κ2) is 8.44. The maximum absolute atomic E-state index is 11.7. The molecule has 0 aromatic heterocycles. The molecule has 5 heteroatoms. The van der Waals surface area contributed by atoms with Crippen LogP contribution in [0.5, 0.6) is 5.75 Å². The molecule has 4 nitrogen and oxygen atoms in total. The van der Waals surface area contributed by atoms with Crippen LogP contribution >= 0.6 is 11.8 Å². The van der Waals surface area contributed by atoms with Gasteiger partial charge in [-0.2, -0.15) is 5.26 Å². The first kappa shape index (κ1) is 15.4. The molecule has 0 aliphatic rings. The van der Waals surface area contributed by atoms with Gasteiger partial charge in [0.25, 0.3) is 0 Å². The molecule has 0 aliphatic heterocycles. The molecule has 0 atom stereocenters. The Bertz CT molecular complexity index is 440. The van der Waals surface area contributed by atoms with Crippen LogP contribution in [0, 0.1) is 11.3 Å². The van der Waals surface area contributed by atoms with E-state index in [9.17, 15) is 4.79 Å². The Hall–Kier alpha value is -1.67. The molecule has 0 fully saturated rings. The Balaban J connectivity index is 2.29. The van der Waals surface area contributed by atoms with Crippen molar-refractivity contribution < 1.29 is 9.53 Å². The van der Waals surface area contributed by atoms with Gasteiger partial charge in [-0.15, -0.1) is 11.8 Å². The number of ether oxygens (including phenoxy) is 1. The maximum atomic E-state index is 11.7. The van der Waals surface area contributed by atoms with Gasteiger partial charge in [-0.25, -0.2) is 0 Å². The fourth-order valence-corrected chi connectivity index (χ4v) is 2.30. The summed E-state index contributed by atoms with van der Waals surface area (Å²) in [7, 11) is 3.37. The van der Waals surface area contributed by atoms with Crippen LogP contribution in [0.4, 0.5) is 0 Å². The van der Waals surface area contributed by atoms with Crippen LogP contribution in [0.3, 0.4) is 0 Å². The third-order valence-corrected chi connectivity index (χ3v) is 3.64. The van der Waals surface area contributed by atoms with Crippen LogP contribution < -0.4 is 4.74 Å². The van der Waals surface area contributed by atoms with Gasteiger partial charge in [-0.3, -0.25) is 4.79 Å². The summed E-state index contributed by atoms with van der Waals surface area (Å²) in [4.78, 5) is 14.5. The Morgan fingerprint density at radius 2 is 2.11 bits per heavy atom. The first-order valence-corrected chi connectivity index (χ1v) is 7.03. The van der Waals surface area contributed by atoms with Crippen molar-refractivity contribution in [3.8, 4) is 11.8 Å². The summed E-state index contributed by atoms with van der Waals surface area (Å²) in [6, 6.07) is 9.81. The van der Waals surface area contributed by atoms with Crippen LogP contribution in [0.15, 0.2) is 29.2 Å². The predicted molar refractivity (Wildman–Crippen MR) is 76.2 cm³/mol. The first-order chi connectivity index (χ1) is 9.17. The lowest BCUT2D eigenvalue weighted by molar-refractivity contribution is -0.129. The zero-order valence-corrected chi connectivity index (χ0v) is 12.1. The minimum atomic E-state index is 0.0799. The van der Waals surface area contributed by atoms with Gasteiger partial charge in [-0.05, 0) is 24.3 Å². The number of hydrogen-bond acceptors (Lipinski definition) is 4. The third kappa shape index (κ3) is 5.66. The second-order valence-electron chi connectivity index (χ2n) is 4.00. The number of amides is 1. The number of thioether (sulfide) groups is 1. The topological polar surface area (TPSA) is 53.3 Å². The molecule has 102 valence electrons. The van der Waals surface area contributed by atoms with Gasteiger partial charge < -0.3 is 9.64 Å². The Morgan fingerprint density at radius 1 is 1.42 bits per heavy atom. The highest BCUT2D eigenvalue weighted by molar-refractivity contribution is 7.99. The van der Waals surface area contributed by atoms with E-state index in [0.29, 0.717) is 19.4 Å². The molecule has 0 unspecified atom stereocenters. The molecule has 1 rings (SSSR count). The number of carbonyl (C=O) groups is 1. The van der Waals surface area contributed by atoms with E-state index in [4.69, 9.17) is 10.00 Å². The van der Waals surface area contributed by atoms with Crippen molar-refractivity contribution in [2.45, 2.75) is 17.7 Å². The zero-order valence-electron chi connectivity index (χ0n) is 11.3. The molecule has 0 saturated heterocycles. The van der Waals surface area contributed by atoms with Crippen molar-refractivity contribution in [1.29, 1.82) is 5.26 Å². The van der Waals surface area contributed by atoms with Gasteiger partial charge >= 0.3 is 0 Å². The highest BCUT2D eigenvalue weighted by Gasteiger charge is 2.07. The number of nitriles is 1. The van der Waals surface area contributed by atoms with Crippen LogP contribution in [-0.2, 0) is 4.79 Å². The number of rotatable bonds is 7. The molecule has 0 saturated carbocycles. The molecular formula is C14H18N2O2S. The van der Waals surface area contributed by atoms with Gasteiger partial charge in [0.15, 0.2) is 0 Å². The van der Waals surface area contributed by atoms with E-state index in [1.54, 1.807) is 30.8 Å². The minimum absolute atomic E-state index is 0.0799. The van der Waals surface area contributed by atoms with Crippen molar-refractivity contribution >= 4 is 17.7 Å². The molecule has 1 aromatic rings. The van der Waals surface area contributed by atoms with Crippen molar-refractivity contribution in [3.05, 3.63) is 24.3 Å². The molecule has 19 heavy (non-hydrogen) atoms.